The van der Waals surface area contributed by atoms with E-state index in [1.165, 1.54) is 37.9 Å². The first kappa shape index (κ1) is 36.2. The molecule has 0 aliphatic rings. The summed E-state index contributed by atoms with van der Waals surface area (Å²) >= 11 is 0. The highest BCUT2D eigenvalue weighted by atomic mass is 16.3. The SMILES string of the molecule is [C-]#[N+]c1ccc(-c2cc3c4ccccc4c(-c4cccc(-c5cccc(-c6nc(-c7ccccc7)nc(-c7ccc8oc9ccccc9c8c7)n6)c5)c4)cc3c3ccccc23)cc1. The van der Waals surface area contributed by atoms with Crippen molar-refractivity contribution in [1.29, 1.82) is 0 Å². The van der Waals surface area contributed by atoms with Crippen LogP contribution in [0.2, 0.25) is 0 Å². The van der Waals surface area contributed by atoms with Gasteiger partial charge in [-0.3, -0.25) is 0 Å². The van der Waals surface area contributed by atoms with Crippen molar-refractivity contribution in [1.82, 2.24) is 15.0 Å². The van der Waals surface area contributed by atoms with Crippen LogP contribution >= 0.6 is 0 Å². The lowest BCUT2D eigenvalue weighted by atomic mass is 9.87. The molecule has 0 amide bonds. The molecule has 63 heavy (non-hydrogen) atoms. The first-order chi connectivity index (χ1) is 31.1. The highest BCUT2D eigenvalue weighted by molar-refractivity contribution is 6.24. The first-order valence-electron chi connectivity index (χ1n) is 20.9. The van der Waals surface area contributed by atoms with Gasteiger partial charge in [-0.05, 0) is 114 Å². The van der Waals surface area contributed by atoms with Crippen molar-refractivity contribution in [2.75, 3.05) is 0 Å². The molecule has 10 aromatic carbocycles. The second-order valence-corrected chi connectivity index (χ2v) is 15.8. The topological polar surface area (TPSA) is 56.2 Å². The van der Waals surface area contributed by atoms with E-state index in [2.05, 4.69) is 138 Å². The van der Waals surface area contributed by atoms with E-state index < -0.39 is 0 Å². The molecule has 0 atom stereocenters. The van der Waals surface area contributed by atoms with Gasteiger partial charge in [0.25, 0.3) is 0 Å². The molecule has 2 aromatic heterocycles. The van der Waals surface area contributed by atoms with E-state index in [1.807, 2.05) is 72.8 Å². The number of furan rings is 1. The number of nitrogens with zero attached hydrogens (tertiary/aromatic N) is 4. The number of rotatable bonds is 6. The van der Waals surface area contributed by atoms with Crippen LogP contribution in [0, 0.1) is 6.57 Å². The predicted molar refractivity (Wildman–Crippen MR) is 259 cm³/mol. The molecular weight excluding hydrogens is 769 g/mol. The third kappa shape index (κ3) is 6.29. The summed E-state index contributed by atoms with van der Waals surface area (Å²) in [6, 6.07) is 71.6. The maximum atomic E-state index is 7.46. The normalized spacial score (nSPS) is 11.5. The Morgan fingerprint density at radius 1 is 0.302 bits per heavy atom. The van der Waals surface area contributed by atoms with Crippen molar-refractivity contribution in [3.05, 3.63) is 218 Å². The van der Waals surface area contributed by atoms with Crippen LogP contribution in [0.25, 0.3) is 127 Å². The summed E-state index contributed by atoms with van der Waals surface area (Å²) in [5, 5.41) is 9.24. The molecule has 5 nitrogen and oxygen atoms in total. The van der Waals surface area contributed by atoms with Gasteiger partial charge in [0.1, 0.15) is 11.2 Å². The Kier molecular flexibility index (Phi) is 8.48. The van der Waals surface area contributed by atoms with Crippen LogP contribution in [0.15, 0.2) is 211 Å². The highest BCUT2D eigenvalue weighted by Crippen LogP contribution is 2.43. The molecule has 0 unspecified atom stereocenters. The lowest BCUT2D eigenvalue weighted by molar-refractivity contribution is 0.669. The third-order valence-corrected chi connectivity index (χ3v) is 12.1. The minimum Gasteiger partial charge on any atom is -0.456 e. The lowest BCUT2D eigenvalue weighted by Gasteiger charge is -2.16. The molecule has 0 aliphatic heterocycles. The van der Waals surface area contributed by atoms with Gasteiger partial charge in [0.15, 0.2) is 23.2 Å². The number of fused-ring (bicyclic) bond motifs is 8. The summed E-state index contributed by atoms with van der Waals surface area (Å²) in [5.41, 5.74) is 11.7. The summed E-state index contributed by atoms with van der Waals surface area (Å²) in [4.78, 5) is 18.8. The lowest BCUT2D eigenvalue weighted by Crippen LogP contribution is -2.00. The maximum Gasteiger partial charge on any atom is 0.187 e. The number of benzene rings is 10. The van der Waals surface area contributed by atoms with E-state index in [4.69, 9.17) is 25.9 Å². The fraction of sp³-hybridized carbons (Fsp3) is 0. The van der Waals surface area contributed by atoms with Gasteiger partial charge in [-0.1, -0.05) is 158 Å². The minimum atomic E-state index is 0.597. The van der Waals surface area contributed by atoms with E-state index in [0.717, 1.165) is 66.4 Å². The molecule has 0 fully saturated rings. The molecule has 0 saturated heterocycles. The molecule has 0 bridgehead atoms. The van der Waals surface area contributed by atoms with Crippen molar-refractivity contribution in [2.24, 2.45) is 0 Å². The van der Waals surface area contributed by atoms with Crippen LogP contribution in [0.3, 0.4) is 0 Å². The standard InChI is InChI=1S/C58H34N4O/c1-59-43-28-25-36(26-29-43)49-34-51-47-22-8-6-20-45(47)50(35-52(51)46-21-7-5-19-44(46)49)40-17-11-15-38(31-40)39-16-12-18-41(32-39)57-60-56(37-13-3-2-4-14-37)61-58(62-57)42-27-30-55-53(33-42)48-23-9-10-24-54(48)63-55/h2-35H. The van der Waals surface area contributed by atoms with E-state index in [1.54, 1.807) is 0 Å². The number of hydrogen-bond donors (Lipinski definition) is 0. The van der Waals surface area contributed by atoms with Crippen LogP contribution in [-0.2, 0) is 0 Å². The second-order valence-electron chi connectivity index (χ2n) is 15.8. The largest absolute Gasteiger partial charge is 0.456 e. The van der Waals surface area contributed by atoms with E-state index in [0.29, 0.717) is 23.2 Å². The fourth-order valence-electron chi connectivity index (χ4n) is 9.06. The van der Waals surface area contributed by atoms with Gasteiger partial charge in [-0.25, -0.2) is 19.8 Å². The van der Waals surface area contributed by atoms with Crippen molar-refractivity contribution < 1.29 is 4.42 Å². The average molecular weight is 803 g/mol. The van der Waals surface area contributed by atoms with Crippen LogP contribution in [0.5, 0.6) is 0 Å². The van der Waals surface area contributed by atoms with Crippen LogP contribution in [0.1, 0.15) is 0 Å². The molecule has 5 heteroatoms. The van der Waals surface area contributed by atoms with Gasteiger partial charge >= 0.3 is 0 Å². The molecule has 12 aromatic rings. The minimum absolute atomic E-state index is 0.597. The van der Waals surface area contributed by atoms with E-state index in [-0.39, 0.29) is 0 Å². The maximum absolute atomic E-state index is 7.46. The first-order valence-corrected chi connectivity index (χ1v) is 20.9. The summed E-state index contributed by atoms with van der Waals surface area (Å²) in [6.45, 7) is 7.46. The fourth-order valence-corrected chi connectivity index (χ4v) is 9.06. The molecule has 0 radical (unpaired) electrons. The van der Waals surface area contributed by atoms with Crippen molar-refractivity contribution in [3.63, 3.8) is 0 Å². The Labute approximate surface area is 363 Å². The Hall–Kier alpha value is -8.72. The molecule has 0 saturated carbocycles. The second kappa shape index (κ2) is 14.8. The molecule has 2 heterocycles. The van der Waals surface area contributed by atoms with Gasteiger partial charge in [0.05, 0.1) is 6.57 Å². The summed E-state index contributed by atoms with van der Waals surface area (Å²) in [6.07, 6.45) is 0. The van der Waals surface area contributed by atoms with Crippen molar-refractivity contribution >= 4 is 59.9 Å². The molecule has 12 rings (SSSR count). The van der Waals surface area contributed by atoms with Crippen molar-refractivity contribution in [2.45, 2.75) is 0 Å². The monoisotopic (exact) mass is 802 g/mol. The molecule has 0 N–H and O–H groups in total. The zero-order valence-corrected chi connectivity index (χ0v) is 33.8. The summed E-state index contributed by atoms with van der Waals surface area (Å²) in [7, 11) is 0. The summed E-state index contributed by atoms with van der Waals surface area (Å²) in [5.74, 6) is 1.81. The Balaban J connectivity index is 0.978. The Morgan fingerprint density at radius 2 is 0.762 bits per heavy atom. The number of hydrogen-bond acceptors (Lipinski definition) is 4. The van der Waals surface area contributed by atoms with E-state index >= 15 is 0 Å². The Bertz CT molecular complexity index is 3810. The van der Waals surface area contributed by atoms with E-state index in [9.17, 15) is 0 Å². The number of para-hydroxylation sites is 1. The quantitative estimate of drug-likeness (QED) is 0.124. The summed E-state index contributed by atoms with van der Waals surface area (Å²) < 4.78 is 6.14. The number of aromatic nitrogens is 3. The van der Waals surface area contributed by atoms with Gasteiger partial charge in [-0.15, -0.1) is 0 Å². The van der Waals surface area contributed by atoms with Crippen LogP contribution < -0.4 is 0 Å². The predicted octanol–water partition coefficient (Wildman–Crippen LogP) is 15.8. The highest BCUT2D eigenvalue weighted by Gasteiger charge is 2.17. The average Bonchev–Trinajstić information content (AvgIpc) is 3.74. The zero-order chi connectivity index (χ0) is 41.9. The molecule has 0 spiro atoms. The molecule has 0 aliphatic carbocycles. The molecular formula is C58H34N4O. The third-order valence-electron chi connectivity index (χ3n) is 12.1. The zero-order valence-electron chi connectivity index (χ0n) is 33.8. The molecule has 292 valence electrons. The van der Waals surface area contributed by atoms with Gasteiger partial charge < -0.3 is 4.42 Å². The van der Waals surface area contributed by atoms with Gasteiger partial charge in [0.2, 0.25) is 0 Å². The van der Waals surface area contributed by atoms with Crippen molar-refractivity contribution in [3.8, 4) is 67.5 Å². The Morgan fingerprint density at radius 3 is 1.41 bits per heavy atom. The van der Waals surface area contributed by atoms with Gasteiger partial charge in [0, 0.05) is 27.5 Å². The van der Waals surface area contributed by atoms with Crippen LogP contribution in [0.4, 0.5) is 5.69 Å². The smallest absolute Gasteiger partial charge is 0.187 e. The van der Waals surface area contributed by atoms with Gasteiger partial charge in [-0.2, -0.15) is 0 Å². The van der Waals surface area contributed by atoms with Crippen LogP contribution in [-0.4, -0.2) is 15.0 Å².